The SMILES string of the molecule is C=CCO.CCCCCCCCCCCC1CCOC(CO)C1. The van der Waals surface area contributed by atoms with E-state index in [0.717, 1.165) is 18.9 Å². The summed E-state index contributed by atoms with van der Waals surface area (Å²) in [7, 11) is 0. The van der Waals surface area contributed by atoms with E-state index in [4.69, 9.17) is 14.9 Å². The van der Waals surface area contributed by atoms with E-state index in [1.807, 2.05) is 0 Å². The van der Waals surface area contributed by atoms with E-state index >= 15 is 0 Å². The van der Waals surface area contributed by atoms with E-state index in [2.05, 4.69) is 13.5 Å². The zero-order chi connectivity index (χ0) is 17.2. The van der Waals surface area contributed by atoms with Gasteiger partial charge in [0.1, 0.15) is 0 Å². The second-order valence-corrected chi connectivity index (χ2v) is 6.65. The lowest BCUT2D eigenvalue weighted by molar-refractivity contribution is -0.0392. The van der Waals surface area contributed by atoms with Crippen LogP contribution in [-0.4, -0.2) is 36.1 Å². The Morgan fingerprint density at radius 2 is 1.57 bits per heavy atom. The number of hydrogen-bond acceptors (Lipinski definition) is 3. The molecule has 0 aromatic heterocycles. The molecule has 0 radical (unpaired) electrons. The van der Waals surface area contributed by atoms with Gasteiger partial charge in [0, 0.05) is 6.61 Å². The van der Waals surface area contributed by atoms with Gasteiger partial charge in [-0.15, -0.1) is 6.58 Å². The second-order valence-electron chi connectivity index (χ2n) is 6.65. The van der Waals surface area contributed by atoms with Crippen molar-refractivity contribution in [3.05, 3.63) is 12.7 Å². The van der Waals surface area contributed by atoms with Gasteiger partial charge in [-0.05, 0) is 18.8 Å². The fourth-order valence-electron chi connectivity index (χ4n) is 3.09. The zero-order valence-corrected chi connectivity index (χ0v) is 15.3. The summed E-state index contributed by atoms with van der Waals surface area (Å²) in [6.45, 7) is 6.65. The summed E-state index contributed by atoms with van der Waals surface area (Å²) >= 11 is 0. The van der Waals surface area contributed by atoms with Gasteiger partial charge in [-0.2, -0.15) is 0 Å². The molecule has 3 nitrogen and oxygen atoms in total. The van der Waals surface area contributed by atoms with Crippen LogP contribution in [0.4, 0.5) is 0 Å². The Hall–Kier alpha value is -0.380. The summed E-state index contributed by atoms with van der Waals surface area (Å²) in [6.07, 6.45) is 17.9. The van der Waals surface area contributed by atoms with Crippen LogP contribution >= 0.6 is 0 Å². The maximum Gasteiger partial charge on any atom is 0.0808 e. The number of unbranched alkanes of at least 4 members (excludes halogenated alkanes) is 8. The van der Waals surface area contributed by atoms with Crippen molar-refractivity contribution in [2.45, 2.75) is 90.1 Å². The molecule has 0 aromatic rings. The van der Waals surface area contributed by atoms with Crippen molar-refractivity contribution < 1.29 is 14.9 Å². The van der Waals surface area contributed by atoms with Gasteiger partial charge >= 0.3 is 0 Å². The Kier molecular flexibility index (Phi) is 17.7. The first kappa shape index (κ1) is 22.6. The standard InChI is InChI=1S/C17H34O2.C3H6O/c1-2-3-4-5-6-7-8-9-10-11-16-12-13-19-17(14-16)15-18;1-2-3-4/h16-18H,2-15H2,1H3;2,4H,1,3H2. The van der Waals surface area contributed by atoms with Crippen molar-refractivity contribution in [3.63, 3.8) is 0 Å². The summed E-state index contributed by atoms with van der Waals surface area (Å²) in [5, 5.41) is 16.9. The quantitative estimate of drug-likeness (QED) is 0.397. The molecule has 1 aliphatic rings. The smallest absolute Gasteiger partial charge is 0.0808 e. The molecule has 2 N–H and O–H groups in total. The van der Waals surface area contributed by atoms with Crippen LogP contribution in [0.1, 0.15) is 84.0 Å². The maximum absolute atomic E-state index is 9.11. The molecule has 1 rings (SSSR count). The van der Waals surface area contributed by atoms with Crippen LogP contribution in [0.3, 0.4) is 0 Å². The molecule has 0 aromatic carbocycles. The Balaban J connectivity index is 0.00000108. The molecule has 3 heteroatoms. The first-order chi connectivity index (χ1) is 11.3. The number of rotatable bonds is 12. The molecule has 0 aliphatic carbocycles. The molecule has 23 heavy (non-hydrogen) atoms. The number of hydrogen-bond donors (Lipinski definition) is 2. The molecule has 1 fully saturated rings. The lowest BCUT2D eigenvalue weighted by atomic mass is 9.90. The van der Waals surface area contributed by atoms with Gasteiger partial charge in [-0.3, -0.25) is 0 Å². The summed E-state index contributed by atoms with van der Waals surface area (Å²) in [5.74, 6) is 0.801. The van der Waals surface area contributed by atoms with Crippen molar-refractivity contribution in [2.24, 2.45) is 5.92 Å². The maximum atomic E-state index is 9.11. The van der Waals surface area contributed by atoms with E-state index < -0.39 is 0 Å². The highest BCUT2D eigenvalue weighted by Gasteiger charge is 2.21. The largest absolute Gasteiger partial charge is 0.394 e. The van der Waals surface area contributed by atoms with Gasteiger partial charge in [0.15, 0.2) is 0 Å². The van der Waals surface area contributed by atoms with Crippen LogP contribution in [0.5, 0.6) is 0 Å². The van der Waals surface area contributed by atoms with E-state index in [1.54, 1.807) is 0 Å². The third-order valence-corrected chi connectivity index (χ3v) is 4.52. The molecule has 1 heterocycles. The van der Waals surface area contributed by atoms with Crippen LogP contribution in [-0.2, 0) is 4.74 Å². The van der Waals surface area contributed by atoms with Gasteiger partial charge in [0.25, 0.3) is 0 Å². The summed E-state index contributed by atoms with van der Waals surface area (Å²) in [6, 6.07) is 0. The molecular formula is C20H40O3. The normalized spacial score (nSPS) is 20.7. The van der Waals surface area contributed by atoms with Gasteiger partial charge in [-0.1, -0.05) is 77.2 Å². The fourth-order valence-corrected chi connectivity index (χ4v) is 3.09. The van der Waals surface area contributed by atoms with Crippen LogP contribution in [0.15, 0.2) is 12.7 Å². The van der Waals surface area contributed by atoms with E-state index in [1.165, 1.54) is 76.7 Å². The monoisotopic (exact) mass is 328 g/mol. The number of ether oxygens (including phenoxy) is 1. The molecule has 1 aliphatic heterocycles. The molecule has 138 valence electrons. The van der Waals surface area contributed by atoms with Crippen LogP contribution in [0.2, 0.25) is 0 Å². The molecule has 1 saturated heterocycles. The highest BCUT2D eigenvalue weighted by atomic mass is 16.5. The third-order valence-electron chi connectivity index (χ3n) is 4.52. The first-order valence-electron chi connectivity index (χ1n) is 9.72. The minimum Gasteiger partial charge on any atom is -0.394 e. The minimum absolute atomic E-state index is 0.0833. The average Bonchev–Trinajstić information content (AvgIpc) is 2.60. The summed E-state index contributed by atoms with van der Waals surface area (Å²) < 4.78 is 5.50. The topological polar surface area (TPSA) is 49.7 Å². The van der Waals surface area contributed by atoms with Gasteiger partial charge in [0.2, 0.25) is 0 Å². The minimum atomic E-state index is 0.0833. The molecule has 2 unspecified atom stereocenters. The molecule has 0 saturated carbocycles. The average molecular weight is 329 g/mol. The van der Waals surface area contributed by atoms with Crippen molar-refractivity contribution in [1.29, 1.82) is 0 Å². The van der Waals surface area contributed by atoms with E-state index in [-0.39, 0.29) is 19.3 Å². The highest BCUT2D eigenvalue weighted by molar-refractivity contribution is 4.71. The third kappa shape index (κ3) is 14.9. The van der Waals surface area contributed by atoms with Gasteiger partial charge in [0.05, 0.1) is 19.3 Å². The first-order valence-corrected chi connectivity index (χ1v) is 9.72. The Labute approximate surface area is 144 Å². The van der Waals surface area contributed by atoms with Crippen LogP contribution in [0.25, 0.3) is 0 Å². The van der Waals surface area contributed by atoms with Crippen LogP contribution < -0.4 is 0 Å². The fraction of sp³-hybridized carbons (Fsp3) is 0.900. The summed E-state index contributed by atoms with van der Waals surface area (Å²) in [5.41, 5.74) is 0. The van der Waals surface area contributed by atoms with E-state index in [9.17, 15) is 0 Å². The summed E-state index contributed by atoms with van der Waals surface area (Å²) in [4.78, 5) is 0. The molecule has 0 spiro atoms. The molecular weight excluding hydrogens is 288 g/mol. The van der Waals surface area contributed by atoms with Crippen molar-refractivity contribution in [1.82, 2.24) is 0 Å². The van der Waals surface area contributed by atoms with E-state index in [0.29, 0.717) is 0 Å². The predicted molar refractivity (Wildman–Crippen MR) is 98.7 cm³/mol. The van der Waals surface area contributed by atoms with Crippen molar-refractivity contribution in [3.8, 4) is 0 Å². The Morgan fingerprint density at radius 1 is 1.00 bits per heavy atom. The van der Waals surface area contributed by atoms with Crippen molar-refractivity contribution in [2.75, 3.05) is 19.8 Å². The Bertz CT molecular complexity index is 243. The molecule has 0 amide bonds. The molecule has 2 atom stereocenters. The number of aliphatic hydroxyl groups is 2. The van der Waals surface area contributed by atoms with Crippen LogP contribution in [0, 0.1) is 5.92 Å². The lowest BCUT2D eigenvalue weighted by Crippen LogP contribution is -2.28. The van der Waals surface area contributed by atoms with Crippen molar-refractivity contribution >= 4 is 0 Å². The lowest BCUT2D eigenvalue weighted by Gasteiger charge is -2.28. The zero-order valence-electron chi connectivity index (χ0n) is 15.3. The highest BCUT2D eigenvalue weighted by Crippen LogP contribution is 2.25. The molecule has 0 bridgehead atoms. The number of aliphatic hydroxyl groups excluding tert-OH is 2. The second kappa shape index (κ2) is 18.0. The predicted octanol–water partition coefficient (Wildman–Crippen LogP) is 4.86. The Morgan fingerprint density at radius 3 is 2.09 bits per heavy atom. The van der Waals surface area contributed by atoms with Gasteiger partial charge < -0.3 is 14.9 Å². The van der Waals surface area contributed by atoms with Gasteiger partial charge in [-0.25, -0.2) is 0 Å².